The zero-order chi connectivity index (χ0) is 22.8. The van der Waals surface area contributed by atoms with Crippen LogP contribution < -0.4 is 5.32 Å². The first kappa shape index (κ1) is 22.0. The second-order valence-electron chi connectivity index (χ2n) is 8.45. The lowest BCUT2D eigenvalue weighted by atomic mass is 10.1. The quantitative estimate of drug-likeness (QED) is 0.465. The fourth-order valence-corrected chi connectivity index (χ4v) is 4.60. The Bertz CT molecular complexity index is 1160. The Balaban J connectivity index is 1.21. The van der Waals surface area contributed by atoms with Gasteiger partial charge in [-0.05, 0) is 61.6 Å². The molecule has 1 N–H and O–H groups in total. The minimum Gasteiger partial charge on any atom is -0.349 e. The molecule has 2 amide bonds. The summed E-state index contributed by atoms with van der Waals surface area (Å²) in [5.74, 6) is 0.315. The number of halogens is 1. The van der Waals surface area contributed by atoms with Crippen LogP contribution in [0.5, 0.6) is 0 Å². The van der Waals surface area contributed by atoms with E-state index in [2.05, 4.69) is 15.5 Å². The van der Waals surface area contributed by atoms with Crippen LogP contribution in [0.2, 0.25) is 5.02 Å². The summed E-state index contributed by atoms with van der Waals surface area (Å²) in [6, 6.07) is 15.6. The molecular formula is C24H24ClN5O2S. The molecule has 1 aromatic heterocycles. The number of hydrogen-bond donors (Lipinski definition) is 1. The molecule has 5 rings (SSSR count). The van der Waals surface area contributed by atoms with Gasteiger partial charge in [-0.25, -0.2) is 0 Å². The number of amides is 2. The molecule has 3 aromatic rings. The SMILES string of the molecule is O=C(NC1CC1)c1ccc(CN(C(=O)CSc2nncn2-c2cccc(Cl)c2)C2CC2)cc1. The van der Waals surface area contributed by atoms with Gasteiger partial charge >= 0.3 is 0 Å². The average Bonchev–Trinajstić information content (AvgIpc) is 3.75. The molecule has 170 valence electrons. The maximum absolute atomic E-state index is 13.1. The van der Waals surface area contributed by atoms with Crippen LogP contribution in [0.4, 0.5) is 0 Å². The fraction of sp³-hybridized carbons (Fsp3) is 0.333. The van der Waals surface area contributed by atoms with Gasteiger partial charge in [0.1, 0.15) is 6.33 Å². The summed E-state index contributed by atoms with van der Waals surface area (Å²) in [6.45, 7) is 0.537. The summed E-state index contributed by atoms with van der Waals surface area (Å²) in [7, 11) is 0. The zero-order valence-corrected chi connectivity index (χ0v) is 19.6. The van der Waals surface area contributed by atoms with E-state index in [1.54, 1.807) is 6.33 Å². The Labute approximate surface area is 201 Å². The molecule has 2 aliphatic carbocycles. The van der Waals surface area contributed by atoms with E-state index in [4.69, 9.17) is 11.6 Å². The van der Waals surface area contributed by atoms with Crippen LogP contribution in [-0.4, -0.2) is 49.3 Å². The molecule has 0 radical (unpaired) electrons. The third-order valence-electron chi connectivity index (χ3n) is 5.72. The van der Waals surface area contributed by atoms with Crippen LogP contribution in [0.25, 0.3) is 5.69 Å². The van der Waals surface area contributed by atoms with Crippen molar-refractivity contribution < 1.29 is 9.59 Å². The molecule has 1 heterocycles. The van der Waals surface area contributed by atoms with Gasteiger partial charge in [0.15, 0.2) is 5.16 Å². The summed E-state index contributed by atoms with van der Waals surface area (Å²) >= 11 is 7.48. The van der Waals surface area contributed by atoms with Crippen molar-refractivity contribution in [3.8, 4) is 5.69 Å². The number of carbonyl (C=O) groups excluding carboxylic acids is 2. The maximum atomic E-state index is 13.1. The van der Waals surface area contributed by atoms with E-state index < -0.39 is 0 Å². The number of carbonyl (C=O) groups is 2. The molecule has 0 bridgehead atoms. The van der Waals surface area contributed by atoms with Crippen LogP contribution >= 0.6 is 23.4 Å². The zero-order valence-electron chi connectivity index (χ0n) is 18.0. The Morgan fingerprint density at radius 3 is 2.61 bits per heavy atom. The van der Waals surface area contributed by atoms with Gasteiger partial charge in [0.05, 0.1) is 11.4 Å². The lowest BCUT2D eigenvalue weighted by Crippen LogP contribution is -2.34. The number of aromatic nitrogens is 3. The van der Waals surface area contributed by atoms with Crippen molar-refractivity contribution in [2.24, 2.45) is 0 Å². The Kier molecular flexibility index (Phi) is 6.37. The molecule has 2 fully saturated rings. The highest BCUT2D eigenvalue weighted by Crippen LogP contribution is 2.30. The minimum absolute atomic E-state index is 0.0283. The molecule has 9 heteroatoms. The average molecular weight is 482 g/mol. The van der Waals surface area contributed by atoms with Crippen molar-refractivity contribution in [2.75, 3.05) is 5.75 Å². The van der Waals surface area contributed by atoms with E-state index in [1.807, 2.05) is 58.0 Å². The smallest absolute Gasteiger partial charge is 0.251 e. The van der Waals surface area contributed by atoms with Gasteiger partial charge in [-0.2, -0.15) is 0 Å². The fourth-order valence-electron chi connectivity index (χ4n) is 3.60. The predicted molar refractivity (Wildman–Crippen MR) is 128 cm³/mol. The third kappa shape index (κ3) is 5.57. The summed E-state index contributed by atoms with van der Waals surface area (Å²) in [4.78, 5) is 27.2. The maximum Gasteiger partial charge on any atom is 0.251 e. The van der Waals surface area contributed by atoms with Gasteiger partial charge in [-0.1, -0.05) is 41.6 Å². The molecule has 0 saturated heterocycles. The van der Waals surface area contributed by atoms with Crippen LogP contribution in [0, 0.1) is 0 Å². The highest BCUT2D eigenvalue weighted by Gasteiger charge is 2.32. The van der Waals surface area contributed by atoms with Crippen molar-refractivity contribution in [3.05, 3.63) is 71.0 Å². The summed E-state index contributed by atoms with van der Waals surface area (Å²) in [6.07, 6.45) is 5.80. The number of thioether (sulfide) groups is 1. The van der Waals surface area contributed by atoms with E-state index in [-0.39, 0.29) is 23.6 Å². The van der Waals surface area contributed by atoms with Crippen LogP contribution in [-0.2, 0) is 11.3 Å². The highest BCUT2D eigenvalue weighted by molar-refractivity contribution is 7.99. The summed E-state index contributed by atoms with van der Waals surface area (Å²) < 4.78 is 1.83. The Morgan fingerprint density at radius 1 is 1.12 bits per heavy atom. The Morgan fingerprint density at radius 2 is 1.91 bits per heavy atom. The number of hydrogen-bond acceptors (Lipinski definition) is 5. The van der Waals surface area contributed by atoms with Crippen molar-refractivity contribution >= 4 is 35.2 Å². The standard InChI is InChI=1S/C24H24ClN5O2S/c25-18-2-1-3-21(12-18)30-15-26-28-24(30)33-14-22(31)29(20-10-11-20)13-16-4-6-17(7-5-16)23(32)27-19-8-9-19/h1-7,12,15,19-20H,8-11,13-14H2,(H,27,32). The molecule has 7 nitrogen and oxygen atoms in total. The van der Waals surface area contributed by atoms with E-state index in [1.165, 1.54) is 11.8 Å². The normalized spacial score (nSPS) is 15.3. The second-order valence-corrected chi connectivity index (χ2v) is 9.83. The molecule has 2 aliphatic rings. The molecule has 0 unspecified atom stereocenters. The molecular weight excluding hydrogens is 458 g/mol. The Hall–Kier alpha value is -2.84. The number of benzene rings is 2. The first-order valence-electron chi connectivity index (χ1n) is 11.0. The van der Waals surface area contributed by atoms with Gasteiger partial charge in [0, 0.05) is 29.2 Å². The molecule has 0 aliphatic heterocycles. The van der Waals surface area contributed by atoms with Crippen molar-refractivity contribution in [3.63, 3.8) is 0 Å². The first-order chi connectivity index (χ1) is 16.1. The van der Waals surface area contributed by atoms with E-state index in [0.29, 0.717) is 28.3 Å². The minimum atomic E-state index is -0.0283. The van der Waals surface area contributed by atoms with Gasteiger partial charge in [-0.15, -0.1) is 10.2 Å². The van der Waals surface area contributed by atoms with Gasteiger partial charge < -0.3 is 10.2 Å². The van der Waals surface area contributed by atoms with E-state index in [9.17, 15) is 9.59 Å². The lowest BCUT2D eigenvalue weighted by molar-refractivity contribution is -0.129. The topological polar surface area (TPSA) is 80.1 Å². The molecule has 2 aromatic carbocycles. The van der Waals surface area contributed by atoms with Gasteiger partial charge in [0.25, 0.3) is 5.91 Å². The third-order valence-corrected chi connectivity index (χ3v) is 6.88. The van der Waals surface area contributed by atoms with E-state index >= 15 is 0 Å². The molecule has 0 spiro atoms. The molecule has 0 atom stereocenters. The number of rotatable bonds is 9. The molecule has 2 saturated carbocycles. The summed E-state index contributed by atoms with van der Waals surface area (Å²) in [5, 5.41) is 12.4. The predicted octanol–water partition coefficient (Wildman–Crippen LogP) is 4.10. The van der Waals surface area contributed by atoms with Crippen LogP contribution in [0.15, 0.2) is 60.0 Å². The van der Waals surface area contributed by atoms with Gasteiger partial charge in [0.2, 0.25) is 5.91 Å². The van der Waals surface area contributed by atoms with Crippen LogP contribution in [0.3, 0.4) is 0 Å². The van der Waals surface area contributed by atoms with Crippen LogP contribution in [0.1, 0.15) is 41.6 Å². The van der Waals surface area contributed by atoms with Crippen molar-refractivity contribution in [2.45, 2.75) is 49.5 Å². The monoisotopic (exact) mass is 481 g/mol. The first-order valence-corrected chi connectivity index (χ1v) is 12.4. The lowest BCUT2D eigenvalue weighted by Gasteiger charge is -2.22. The highest BCUT2D eigenvalue weighted by atomic mass is 35.5. The van der Waals surface area contributed by atoms with Gasteiger partial charge in [-0.3, -0.25) is 14.2 Å². The summed E-state index contributed by atoms with van der Waals surface area (Å²) in [5.41, 5.74) is 2.53. The largest absolute Gasteiger partial charge is 0.349 e. The van der Waals surface area contributed by atoms with E-state index in [0.717, 1.165) is 36.9 Å². The van der Waals surface area contributed by atoms with Crippen molar-refractivity contribution in [1.29, 1.82) is 0 Å². The number of nitrogens with zero attached hydrogens (tertiary/aromatic N) is 4. The van der Waals surface area contributed by atoms with Crippen molar-refractivity contribution in [1.82, 2.24) is 25.0 Å². The number of nitrogens with one attached hydrogen (secondary N) is 1. The second kappa shape index (κ2) is 9.57. The molecule has 33 heavy (non-hydrogen) atoms.